The number of ether oxygens (including phenoxy) is 1. The average molecular weight is 648 g/mol. The number of pyridine rings is 1. The molecule has 10 heteroatoms. The van der Waals surface area contributed by atoms with Crippen molar-refractivity contribution >= 4 is 64.3 Å². The highest BCUT2D eigenvalue weighted by atomic mass is 35.5. The standard InChI is InChI=1S/C33H32ClNO3S.C2H2O4/c1-38-32(37)29-8-3-2-6-24(29)12-16-31(39-22-33(21-36)17-18-33)26-7-4-5-23(19-26)9-14-28-15-11-25-10-13-27(34)20-30(25)35-28;3-1(4)2(5)6/h2-11,13-15,19-20,31,36H,12,16-18,21-22H2,1H3;(H,3,4)(H,5,6)/b14-9+;/t31-;/m1./s1. The van der Waals surface area contributed by atoms with Crippen LogP contribution in [0.15, 0.2) is 78.9 Å². The summed E-state index contributed by atoms with van der Waals surface area (Å²) in [5.74, 6) is -3.02. The number of hydrogen-bond acceptors (Lipinski definition) is 7. The molecule has 3 aromatic carbocycles. The molecule has 0 bridgehead atoms. The molecule has 45 heavy (non-hydrogen) atoms. The summed E-state index contributed by atoms with van der Waals surface area (Å²) >= 11 is 8.07. The Hall–Kier alpha value is -4.18. The third-order valence-electron chi connectivity index (χ3n) is 7.57. The number of aromatic nitrogens is 1. The fraction of sp³-hybridized carbons (Fsp3) is 0.257. The number of aliphatic carboxylic acids is 2. The number of halogens is 1. The summed E-state index contributed by atoms with van der Waals surface area (Å²) < 4.78 is 5.00. The number of carbonyl (C=O) groups excluding carboxylic acids is 1. The maximum atomic E-state index is 12.3. The van der Waals surface area contributed by atoms with Crippen LogP contribution in [0, 0.1) is 5.41 Å². The number of esters is 1. The summed E-state index contributed by atoms with van der Waals surface area (Å²) in [5, 5.41) is 26.6. The van der Waals surface area contributed by atoms with E-state index in [0.29, 0.717) is 10.6 Å². The number of aliphatic hydroxyl groups is 1. The van der Waals surface area contributed by atoms with Crippen LogP contribution in [0.4, 0.5) is 0 Å². The Kier molecular flexibility index (Phi) is 11.8. The van der Waals surface area contributed by atoms with Crippen molar-refractivity contribution in [2.75, 3.05) is 19.5 Å². The van der Waals surface area contributed by atoms with Crippen LogP contribution >= 0.6 is 23.4 Å². The van der Waals surface area contributed by atoms with Crippen molar-refractivity contribution in [3.63, 3.8) is 0 Å². The maximum Gasteiger partial charge on any atom is 0.414 e. The average Bonchev–Trinajstić information content (AvgIpc) is 3.84. The molecule has 0 aliphatic heterocycles. The Morgan fingerprint density at radius 2 is 1.71 bits per heavy atom. The third-order valence-corrected chi connectivity index (χ3v) is 9.49. The summed E-state index contributed by atoms with van der Waals surface area (Å²) in [4.78, 5) is 35.2. The Balaban J connectivity index is 0.000000700. The van der Waals surface area contributed by atoms with Gasteiger partial charge in [-0.15, -0.1) is 0 Å². The zero-order valence-corrected chi connectivity index (χ0v) is 26.3. The summed E-state index contributed by atoms with van der Waals surface area (Å²) in [7, 11) is 1.42. The van der Waals surface area contributed by atoms with Crippen LogP contribution in [-0.4, -0.2) is 57.7 Å². The number of benzene rings is 3. The van der Waals surface area contributed by atoms with E-state index in [-0.39, 0.29) is 23.2 Å². The minimum Gasteiger partial charge on any atom is -0.473 e. The van der Waals surface area contributed by atoms with Crippen LogP contribution in [-0.2, 0) is 20.7 Å². The molecule has 0 saturated heterocycles. The highest BCUT2D eigenvalue weighted by Gasteiger charge is 2.42. The van der Waals surface area contributed by atoms with E-state index in [2.05, 4.69) is 36.4 Å². The largest absolute Gasteiger partial charge is 0.473 e. The molecule has 3 N–H and O–H groups in total. The van der Waals surface area contributed by atoms with E-state index in [1.165, 1.54) is 12.7 Å². The van der Waals surface area contributed by atoms with Crippen LogP contribution in [0.5, 0.6) is 0 Å². The second-order valence-corrected chi connectivity index (χ2v) is 12.5. The first kappa shape index (κ1) is 33.7. The van der Waals surface area contributed by atoms with Gasteiger partial charge in [-0.3, -0.25) is 0 Å². The zero-order valence-electron chi connectivity index (χ0n) is 24.7. The lowest BCUT2D eigenvalue weighted by Gasteiger charge is -2.21. The first-order valence-corrected chi connectivity index (χ1v) is 15.7. The van der Waals surface area contributed by atoms with E-state index in [4.69, 9.17) is 41.1 Å². The Bertz CT molecular complexity index is 1690. The number of aliphatic hydroxyl groups excluding tert-OH is 1. The van der Waals surface area contributed by atoms with Gasteiger partial charge >= 0.3 is 17.9 Å². The number of aryl methyl sites for hydroxylation is 1. The van der Waals surface area contributed by atoms with Crippen LogP contribution in [0.2, 0.25) is 5.02 Å². The van der Waals surface area contributed by atoms with E-state index in [0.717, 1.165) is 59.2 Å². The molecule has 1 atom stereocenters. The Morgan fingerprint density at radius 3 is 2.40 bits per heavy atom. The molecule has 0 radical (unpaired) electrons. The molecular formula is C35H34ClNO7S. The van der Waals surface area contributed by atoms with E-state index < -0.39 is 11.9 Å². The molecule has 8 nitrogen and oxygen atoms in total. The van der Waals surface area contributed by atoms with E-state index >= 15 is 0 Å². The molecule has 0 amide bonds. The first-order valence-electron chi connectivity index (χ1n) is 14.3. The van der Waals surface area contributed by atoms with Crippen molar-refractivity contribution in [2.45, 2.75) is 30.9 Å². The Labute approximate surface area is 270 Å². The summed E-state index contributed by atoms with van der Waals surface area (Å²) in [6.45, 7) is 0.241. The molecule has 1 aliphatic carbocycles. The van der Waals surface area contributed by atoms with Crippen LogP contribution in [0.1, 0.15) is 57.3 Å². The van der Waals surface area contributed by atoms with Gasteiger partial charge in [-0.05, 0) is 72.7 Å². The number of nitrogens with zero attached hydrogens (tertiary/aromatic N) is 1. The summed E-state index contributed by atoms with van der Waals surface area (Å²) in [6.07, 6.45) is 7.92. The molecule has 234 valence electrons. The van der Waals surface area contributed by atoms with E-state index in [1.807, 2.05) is 66.4 Å². The summed E-state index contributed by atoms with van der Waals surface area (Å²) in [6, 6.07) is 26.1. The van der Waals surface area contributed by atoms with Gasteiger partial charge in [0.2, 0.25) is 0 Å². The van der Waals surface area contributed by atoms with Gasteiger partial charge in [0, 0.05) is 33.4 Å². The SMILES string of the molecule is COC(=O)c1ccccc1CC[C@@H](SCC1(CO)CC1)c1cccc(/C=C/c2ccc3ccc(Cl)cc3n2)c1.O=C(O)C(=O)O. The minimum absolute atomic E-state index is 0.0645. The van der Waals surface area contributed by atoms with Gasteiger partial charge in [-0.2, -0.15) is 11.8 Å². The molecule has 5 rings (SSSR count). The molecule has 1 aromatic heterocycles. The van der Waals surface area contributed by atoms with Gasteiger partial charge in [-0.1, -0.05) is 72.3 Å². The van der Waals surface area contributed by atoms with Gasteiger partial charge in [-0.25, -0.2) is 19.4 Å². The summed E-state index contributed by atoms with van der Waals surface area (Å²) in [5.41, 5.74) is 5.78. The van der Waals surface area contributed by atoms with Gasteiger partial charge in [0.1, 0.15) is 0 Å². The number of fused-ring (bicyclic) bond motifs is 1. The molecule has 1 saturated carbocycles. The van der Waals surface area contributed by atoms with Gasteiger partial charge in [0.25, 0.3) is 0 Å². The van der Waals surface area contributed by atoms with Crippen molar-refractivity contribution in [3.05, 3.63) is 112 Å². The molecule has 1 heterocycles. The van der Waals surface area contributed by atoms with Crippen molar-refractivity contribution in [3.8, 4) is 0 Å². The minimum atomic E-state index is -1.82. The van der Waals surface area contributed by atoms with E-state index in [9.17, 15) is 9.90 Å². The monoisotopic (exact) mass is 647 g/mol. The fourth-order valence-corrected chi connectivity index (χ4v) is 6.45. The van der Waals surface area contributed by atoms with Crippen molar-refractivity contribution in [1.29, 1.82) is 0 Å². The molecule has 0 unspecified atom stereocenters. The number of methoxy groups -OCH3 is 1. The van der Waals surface area contributed by atoms with Gasteiger partial charge < -0.3 is 20.1 Å². The van der Waals surface area contributed by atoms with Crippen molar-refractivity contribution in [1.82, 2.24) is 4.98 Å². The Morgan fingerprint density at radius 1 is 0.978 bits per heavy atom. The quantitative estimate of drug-likeness (QED) is 0.114. The smallest absolute Gasteiger partial charge is 0.414 e. The van der Waals surface area contributed by atoms with Crippen LogP contribution in [0.25, 0.3) is 23.1 Å². The number of carboxylic acid groups (broad SMARTS) is 2. The molecule has 0 spiro atoms. The topological polar surface area (TPSA) is 134 Å². The lowest BCUT2D eigenvalue weighted by atomic mass is 9.98. The van der Waals surface area contributed by atoms with E-state index in [1.54, 1.807) is 0 Å². The zero-order chi connectivity index (χ0) is 32.4. The second kappa shape index (κ2) is 15.7. The number of carboxylic acids is 2. The lowest BCUT2D eigenvalue weighted by molar-refractivity contribution is -0.159. The first-order chi connectivity index (χ1) is 21.6. The van der Waals surface area contributed by atoms with Crippen molar-refractivity contribution < 1.29 is 34.4 Å². The molecular weight excluding hydrogens is 614 g/mol. The predicted molar refractivity (Wildman–Crippen MR) is 177 cm³/mol. The highest BCUT2D eigenvalue weighted by Crippen LogP contribution is 2.50. The lowest BCUT2D eigenvalue weighted by Crippen LogP contribution is -2.12. The normalized spacial score (nSPS) is 13.9. The number of thioether (sulfide) groups is 1. The van der Waals surface area contributed by atoms with Gasteiger partial charge in [0.15, 0.2) is 0 Å². The predicted octanol–water partition coefficient (Wildman–Crippen LogP) is 7.18. The van der Waals surface area contributed by atoms with Gasteiger partial charge in [0.05, 0.1) is 23.9 Å². The highest BCUT2D eigenvalue weighted by molar-refractivity contribution is 7.99. The number of rotatable bonds is 11. The molecule has 4 aromatic rings. The molecule has 1 aliphatic rings. The van der Waals surface area contributed by atoms with Crippen LogP contribution < -0.4 is 0 Å². The fourth-order valence-electron chi connectivity index (χ4n) is 4.73. The second-order valence-electron chi connectivity index (χ2n) is 10.8. The third kappa shape index (κ3) is 9.65. The van der Waals surface area contributed by atoms with Crippen molar-refractivity contribution in [2.24, 2.45) is 5.41 Å². The number of hydrogen-bond donors (Lipinski definition) is 3. The maximum absolute atomic E-state index is 12.3. The van der Waals surface area contributed by atoms with Crippen LogP contribution in [0.3, 0.4) is 0 Å². The number of carbonyl (C=O) groups is 3. The molecule has 1 fully saturated rings.